The lowest BCUT2D eigenvalue weighted by Crippen LogP contribution is -2.31. The molecule has 0 fully saturated rings. The van der Waals surface area contributed by atoms with E-state index in [4.69, 9.17) is 5.73 Å². The van der Waals surface area contributed by atoms with Crippen molar-refractivity contribution in [3.05, 3.63) is 0 Å². The van der Waals surface area contributed by atoms with E-state index >= 15 is 0 Å². The summed E-state index contributed by atoms with van der Waals surface area (Å²) in [5.74, 6) is 1.13. The third kappa shape index (κ3) is 5.41. The van der Waals surface area contributed by atoms with Crippen LogP contribution >= 0.6 is 0 Å². The third-order valence-electron chi connectivity index (χ3n) is 0.985. The third-order valence-corrected chi connectivity index (χ3v) is 0.985. The van der Waals surface area contributed by atoms with Crippen molar-refractivity contribution in [2.75, 3.05) is 13.1 Å². The summed E-state index contributed by atoms with van der Waals surface area (Å²) in [6.45, 7) is 7.87. The van der Waals surface area contributed by atoms with Crippen molar-refractivity contribution in [3.8, 4) is 0 Å². The minimum absolute atomic E-state index is 0.552. The molecule has 0 amide bonds. The Bertz CT molecular complexity index is 107. The van der Waals surface area contributed by atoms with E-state index in [1.54, 1.807) is 0 Å². The van der Waals surface area contributed by atoms with E-state index in [0.717, 1.165) is 13.1 Å². The van der Waals surface area contributed by atoms with Crippen LogP contribution in [0.3, 0.4) is 0 Å². The molecule has 0 saturated carbocycles. The SMILES string of the molecule is CCNC(N)=NCC(C)C. The topological polar surface area (TPSA) is 50.4 Å². The Morgan fingerprint density at radius 1 is 1.60 bits per heavy atom. The Hall–Kier alpha value is -0.730. The predicted molar refractivity (Wildman–Crippen MR) is 45.0 cm³/mol. The molecule has 0 aliphatic heterocycles. The van der Waals surface area contributed by atoms with Gasteiger partial charge in [-0.05, 0) is 12.8 Å². The summed E-state index contributed by atoms with van der Waals surface area (Å²) < 4.78 is 0. The molecule has 0 aromatic heterocycles. The van der Waals surface area contributed by atoms with Crippen LogP contribution in [0.1, 0.15) is 20.8 Å². The summed E-state index contributed by atoms with van der Waals surface area (Å²) in [7, 11) is 0. The molecule has 0 heterocycles. The van der Waals surface area contributed by atoms with E-state index in [9.17, 15) is 0 Å². The maximum absolute atomic E-state index is 5.47. The maximum atomic E-state index is 5.47. The Morgan fingerprint density at radius 2 is 2.20 bits per heavy atom. The van der Waals surface area contributed by atoms with Crippen LogP contribution in [-0.4, -0.2) is 19.0 Å². The van der Waals surface area contributed by atoms with E-state index < -0.39 is 0 Å². The van der Waals surface area contributed by atoms with Gasteiger partial charge in [-0.3, -0.25) is 4.99 Å². The van der Waals surface area contributed by atoms with Gasteiger partial charge in [0.2, 0.25) is 0 Å². The van der Waals surface area contributed by atoms with Crippen LogP contribution in [0.2, 0.25) is 0 Å². The van der Waals surface area contributed by atoms with E-state index in [-0.39, 0.29) is 0 Å². The van der Waals surface area contributed by atoms with Gasteiger partial charge >= 0.3 is 0 Å². The van der Waals surface area contributed by atoms with Gasteiger partial charge in [0.15, 0.2) is 5.96 Å². The van der Waals surface area contributed by atoms with Gasteiger partial charge in [-0.2, -0.15) is 0 Å². The van der Waals surface area contributed by atoms with Crippen molar-refractivity contribution in [1.29, 1.82) is 0 Å². The first-order chi connectivity index (χ1) is 4.66. The van der Waals surface area contributed by atoms with E-state index in [2.05, 4.69) is 24.2 Å². The molecule has 0 aliphatic carbocycles. The molecule has 0 rings (SSSR count). The normalized spacial score (nSPS) is 12.2. The summed E-state index contributed by atoms with van der Waals surface area (Å²) in [5, 5.41) is 2.93. The molecular weight excluding hydrogens is 126 g/mol. The van der Waals surface area contributed by atoms with Gasteiger partial charge in [0.25, 0.3) is 0 Å². The van der Waals surface area contributed by atoms with Crippen molar-refractivity contribution >= 4 is 5.96 Å². The summed E-state index contributed by atoms with van der Waals surface area (Å²) in [6.07, 6.45) is 0. The molecule has 0 bridgehead atoms. The number of nitrogens with one attached hydrogen (secondary N) is 1. The first kappa shape index (κ1) is 9.27. The number of guanidine groups is 1. The lowest BCUT2D eigenvalue weighted by atomic mass is 10.2. The molecule has 0 radical (unpaired) electrons. The standard InChI is InChI=1S/C7H17N3/c1-4-9-7(8)10-5-6(2)3/h6H,4-5H2,1-3H3,(H3,8,9,10). The van der Waals surface area contributed by atoms with Crippen LogP contribution in [-0.2, 0) is 0 Å². The maximum Gasteiger partial charge on any atom is 0.188 e. The van der Waals surface area contributed by atoms with Crippen molar-refractivity contribution in [2.24, 2.45) is 16.6 Å². The van der Waals surface area contributed by atoms with Crippen LogP contribution in [0.4, 0.5) is 0 Å². The number of rotatable bonds is 3. The molecule has 0 spiro atoms. The molecule has 3 nitrogen and oxygen atoms in total. The second-order valence-corrected chi connectivity index (χ2v) is 2.65. The molecule has 3 heteroatoms. The fourth-order valence-corrected chi connectivity index (χ4v) is 0.518. The first-order valence-corrected chi connectivity index (χ1v) is 3.70. The molecule has 0 aliphatic rings. The molecule has 10 heavy (non-hydrogen) atoms. The zero-order chi connectivity index (χ0) is 7.98. The summed E-state index contributed by atoms with van der Waals surface area (Å²) in [5.41, 5.74) is 5.47. The summed E-state index contributed by atoms with van der Waals surface area (Å²) in [6, 6.07) is 0. The van der Waals surface area contributed by atoms with Crippen LogP contribution < -0.4 is 11.1 Å². The molecule has 60 valence electrons. The van der Waals surface area contributed by atoms with Crippen LogP contribution in [0, 0.1) is 5.92 Å². The highest BCUT2D eigenvalue weighted by Crippen LogP contribution is 1.89. The van der Waals surface area contributed by atoms with Crippen molar-refractivity contribution in [3.63, 3.8) is 0 Å². The van der Waals surface area contributed by atoms with Crippen LogP contribution in [0.15, 0.2) is 4.99 Å². The number of hydrogen-bond donors (Lipinski definition) is 2. The minimum Gasteiger partial charge on any atom is -0.370 e. The molecule has 3 N–H and O–H groups in total. The Balaban J connectivity index is 3.47. The first-order valence-electron chi connectivity index (χ1n) is 3.70. The highest BCUT2D eigenvalue weighted by molar-refractivity contribution is 5.77. The predicted octanol–water partition coefficient (Wildman–Crippen LogP) is 0.567. The van der Waals surface area contributed by atoms with E-state index in [1.807, 2.05) is 6.92 Å². The average molecular weight is 143 g/mol. The van der Waals surface area contributed by atoms with Gasteiger partial charge in [-0.25, -0.2) is 0 Å². The summed E-state index contributed by atoms with van der Waals surface area (Å²) >= 11 is 0. The lowest BCUT2D eigenvalue weighted by Gasteiger charge is -2.02. The number of aliphatic imine (C=N–C) groups is 1. The second kappa shape index (κ2) is 5.09. The van der Waals surface area contributed by atoms with Gasteiger partial charge in [-0.1, -0.05) is 13.8 Å². The quantitative estimate of drug-likeness (QED) is 0.448. The van der Waals surface area contributed by atoms with Gasteiger partial charge < -0.3 is 11.1 Å². The second-order valence-electron chi connectivity index (χ2n) is 2.65. The monoisotopic (exact) mass is 143 g/mol. The summed E-state index contributed by atoms with van der Waals surface area (Å²) in [4.78, 5) is 4.10. The Kier molecular flexibility index (Phi) is 4.72. The lowest BCUT2D eigenvalue weighted by molar-refractivity contribution is 0.662. The molecule has 0 saturated heterocycles. The van der Waals surface area contributed by atoms with Gasteiger partial charge in [0.05, 0.1) is 0 Å². The molecule has 0 aromatic carbocycles. The fourth-order valence-electron chi connectivity index (χ4n) is 0.518. The Labute approximate surface area is 62.7 Å². The smallest absolute Gasteiger partial charge is 0.188 e. The Morgan fingerprint density at radius 3 is 2.60 bits per heavy atom. The van der Waals surface area contributed by atoms with Crippen LogP contribution in [0.25, 0.3) is 0 Å². The fraction of sp³-hybridized carbons (Fsp3) is 0.857. The highest BCUT2D eigenvalue weighted by Gasteiger charge is 1.90. The van der Waals surface area contributed by atoms with E-state index in [1.165, 1.54) is 0 Å². The molecule has 0 unspecified atom stereocenters. The molecular formula is C7H17N3. The number of nitrogens with zero attached hydrogens (tertiary/aromatic N) is 1. The zero-order valence-electron chi connectivity index (χ0n) is 7.02. The van der Waals surface area contributed by atoms with Gasteiger partial charge in [0.1, 0.15) is 0 Å². The van der Waals surface area contributed by atoms with E-state index in [0.29, 0.717) is 11.9 Å². The largest absolute Gasteiger partial charge is 0.370 e. The van der Waals surface area contributed by atoms with Gasteiger partial charge in [-0.15, -0.1) is 0 Å². The van der Waals surface area contributed by atoms with Crippen LogP contribution in [0.5, 0.6) is 0 Å². The molecule has 0 atom stereocenters. The van der Waals surface area contributed by atoms with Crippen molar-refractivity contribution in [2.45, 2.75) is 20.8 Å². The zero-order valence-corrected chi connectivity index (χ0v) is 7.02. The molecule has 0 aromatic rings. The average Bonchev–Trinajstić information content (AvgIpc) is 1.85. The highest BCUT2D eigenvalue weighted by atomic mass is 15.1. The number of nitrogens with two attached hydrogens (primary N) is 1. The minimum atomic E-state index is 0.552. The van der Waals surface area contributed by atoms with Crippen molar-refractivity contribution < 1.29 is 0 Å². The van der Waals surface area contributed by atoms with Gasteiger partial charge in [0, 0.05) is 13.1 Å². The number of hydrogen-bond acceptors (Lipinski definition) is 1. The van der Waals surface area contributed by atoms with Crippen molar-refractivity contribution in [1.82, 2.24) is 5.32 Å².